The molecule has 0 radical (unpaired) electrons. The molecule has 0 atom stereocenters. The van der Waals surface area contributed by atoms with Gasteiger partial charge in [-0.1, -0.05) is 55.1 Å². The molecule has 3 aromatic carbocycles. The molecule has 0 aromatic heterocycles. The average Bonchev–Trinajstić information content (AvgIpc) is 2.71. The van der Waals surface area contributed by atoms with E-state index < -0.39 is 0 Å². The maximum Gasteiger partial charge on any atom is 0.255 e. The molecule has 134 valence electrons. The maximum absolute atomic E-state index is 12.5. The number of nitrogens with one attached hydrogen (secondary N) is 2. The molecule has 4 nitrogen and oxygen atoms in total. The summed E-state index contributed by atoms with van der Waals surface area (Å²) in [4.78, 5) is 24.0. The van der Waals surface area contributed by atoms with Gasteiger partial charge in [-0.2, -0.15) is 0 Å². The van der Waals surface area contributed by atoms with Gasteiger partial charge in [-0.15, -0.1) is 0 Å². The predicted octanol–water partition coefficient (Wildman–Crippen LogP) is 5.04. The van der Waals surface area contributed by atoms with Crippen molar-refractivity contribution >= 4 is 23.2 Å². The summed E-state index contributed by atoms with van der Waals surface area (Å²) in [6.07, 6.45) is 1.21. The minimum atomic E-state index is -0.293. The predicted molar refractivity (Wildman–Crippen MR) is 110 cm³/mol. The second-order valence-electron chi connectivity index (χ2n) is 6.12. The fraction of sp³-hybridized carbons (Fsp3) is 0.0435. The van der Waals surface area contributed by atoms with Crippen LogP contribution in [0.25, 0.3) is 11.1 Å². The second kappa shape index (κ2) is 8.15. The highest BCUT2D eigenvalue weighted by Gasteiger charge is 2.09. The SMILES string of the molecule is C=CC(=O)Nc1cc(NC(=O)c2ccc(-c3ccccc3)cc2)ccc1C. The molecule has 0 spiro atoms. The van der Waals surface area contributed by atoms with E-state index in [1.54, 1.807) is 24.3 Å². The van der Waals surface area contributed by atoms with E-state index >= 15 is 0 Å². The maximum atomic E-state index is 12.5. The highest BCUT2D eigenvalue weighted by atomic mass is 16.2. The molecule has 0 saturated carbocycles. The Labute approximate surface area is 158 Å². The highest BCUT2D eigenvalue weighted by Crippen LogP contribution is 2.22. The number of carbonyl (C=O) groups excluding carboxylic acids is 2. The molecule has 2 N–H and O–H groups in total. The first-order valence-corrected chi connectivity index (χ1v) is 8.58. The minimum Gasteiger partial charge on any atom is -0.322 e. The van der Waals surface area contributed by atoms with E-state index in [2.05, 4.69) is 17.2 Å². The van der Waals surface area contributed by atoms with Gasteiger partial charge in [-0.05, 0) is 54.0 Å². The monoisotopic (exact) mass is 356 g/mol. The van der Waals surface area contributed by atoms with Gasteiger partial charge < -0.3 is 10.6 Å². The quantitative estimate of drug-likeness (QED) is 0.629. The molecule has 0 aliphatic rings. The topological polar surface area (TPSA) is 58.2 Å². The second-order valence-corrected chi connectivity index (χ2v) is 6.12. The lowest BCUT2D eigenvalue weighted by Crippen LogP contribution is -2.13. The van der Waals surface area contributed by atoms with Gasteiger partial charge >= 0.3 is 0 Å². The number of amides is 2. The van der Waals surface area contributed by atoms with E-state index in [9.17, 15) is 9.59 Å². The van der Waals surface area contributed by atoms with Crippen molar-refractivity contribution in [3.63, 3.8) is 0 Å². The van der Waals surface area contributed by atoms with Crippen molar-refractivity contribution in [1.29, 1.82) is 0 Å². The number of aryl methyl sites for hydroxylation is 1. The average molecular weight is 356 g/mol. The summed E-state index contributed by atoms with van der Waals surface area (Å²) in [6, 6.07) is 22.8. The highest BCUT2D eigenvalue weighted by molar-refractivity contribution is 6.05. The van der Waals surface area contributed by atoms with Crippen LogP contribution in [0, 0.1) is 6.92 Å². The minimum absolute atomic E-state index is 0.209. The van der Waals surface area contributed by atoms with Crippen molar-refractivity contribution in [2.75, 3.05) is 10.6 Å². The Morgan fingerprint density at radius 2 is 1.52 bits per heavy atom. The van der Waals surface area contributed by atoms with E-state index in [4.69, 9.17) is 0 Å². The van der Waals surface area contributed by atoms with E-state index in [0.29, 0.717) is 16.9 Å². The van der Waals surface area contributed by atoms with Gasteiger partial charge in [0.2, 0.25) is 5.91 Å². The number of hydrogen-bond acceptors (Lipinski definition) is 2. The molecule has 3 aromatic rings. The first-order chi connectivity index (χ1) is 13.1. The van der Waals surface area contributed by atoms with Gasteiger partial charge in [-0.3, -0.25) is 9.59 Å². The number of benzene rings is 3. The molecule has 0 fully saturated rings. The fourth-order valence-electron chi connectivity index (χ4n) is 2.67. The van der Waals surface area contributed by atoms with Crippen LogP contribution >= 0.6 is 0 Å². The van der Waals surface area contributed by atoms with E-state index in [-0.39, 0.29) is 11.8 Å². The van der Waals surface area contributed by atoms with Crippen LogP contribution in [0.5, 0.6) is 0 Å². The van der Waals surface area contributed by atoms with Crippen LogP contribution in [0.1, 0.15) is 15.9 Å². The van der Waals surface area contributed by atoms with Gasteiger partial charge in [0.05, 0.1) is 0 Å². The zero-order valence-corrected chi connectivity index (χ0v) is 15.0. The first-order valence-electron chi connectivity index (χ1n) is 8.58. The summed E-state index contributed by atoms with van der Waals surface area (Å²) >= 11 is 0. The fourth-order valence-corrected chi connectivity index (χ4v) is 2.67. The van der Waals surface area contributed by atoms with E-state index in [1.807, 2.05) is 55.5 Å². The molecule has 0 bridgehead atoms. The van der Waals surface area contributed by atoms with Crippen molar-refractivity contribution < 1.29 is 9.59 Å². The third-order valence-corrected chi connectivity index (χ3v) is 4.19. The summed E-state index contributed by atoms with van der Waals surface area (Å²) in [5.41, 5.74) is 4.86. The molecule has 0 aliphatic carbocycles. The smallest absolute Gasteiger partial charge is 0.255 e. The lowest BCUT2D eigenvalue weighted by atomic mass is 10.0. The molecule has 0 unspecified atom stereocenters. The summed E-state index contributed by atoms with van der Waals surface area (Å²) in [6.45, 7) is 5.33. The largest absolute Gasteiger partial charge is 0.322 e. The molecule has 0 heterocycles. The standard InChI is InChI=1S/C23H20N2O2/c1-3-22(26)25-21-15-20(14-9-16(21)2)24-23(27)19-12-10-18(11-13-19)17-7-5-4-6-8-17/h3-15H,1H2,2H3,(H,24,27)(H,25,26). The van der Waals surface area contributed by atoms with Crippen molar-refractivity contribution in [2.24, 2.45) is 0 Å². The van der Waals surface area contributed by atoms with Crippen molar-refractivity contribution in [2.45, 2.75) is 6.92 Å². The van der Waals surface area contributed by atoms with Crippen LogP contribution in [-0.2, 0) is 4.79 Å². The molecule has 0 saturated heterocycles. The Morgan fingerprint density at radius 1 is 0.852 bits per heavy atom. The van der Waals surface area contributed by atoms with Crippen LogP contribution < -0.4 is 10.6 Å². The normalized spacial score (nSPS) is 10.1. The van der Waals surface area contributed by atoms with Crippen LogP contribution in [-0.4, -0.2) is 11.8 Å². The van der Waals surface area contributed by atoms with Gasteiger partial charge in [0.15, 0.2) is 0 Å². The number of rotatable bonds is 5. The van der Waals surface area contributed by atoms with Gasteiger partial charge in [-0.25, -0.2) is 0 Å². The third kappa shape index (κ3) is 4.50. The van der Waals surface area contributed by atoms with Crippen LogP contribution in [0.2, 0.25) is 0 Å². The van der Waals surface area contributed by atoms with Crippen LogP contribution in [0.15, 0.2) is 85.5 Å². The van der Waals surface area contributed by atoms with Gasteiger partial charge in [0.1, 0.15) is 0 Å². The van der Waals surface area contributed by atoms with Crippen molar-refractivity contribution in [3.8, 4) is 11.1 Å². The van der Waals surface area contributed by atoms with Gasteiger partial charge in [0.25, 0.3) is 5.91 Å². The molecule has 4 heteroatoms. The Kier molecular flexibility index (Phi) is 5.47. The molecule has 2 amide bonds. The third-order valence-electron chi connectivity index (χ3n) is 4.19. The zero-order valence-electron chi connectivity index (χ0n) is 15.0. The Hall–Kier alpha value is -3.66. The number of carbonyl (C=O) groups is 2. The zero-order chi connectivity index (χ0) is 19.2. The molecular weight excluding hydrogens is 336 g/mol. The Bertz CT molecular complexity index is 977. The number of anilines is 2. The summed E-state index contributed by atoms with van der Waals surface area (Å²) in [7, 11) is 0. The summed E-state index contributed by atoms with van der Waals surface area (Å²) in [5.74, 6) is -0.502. The Morgan fingerprint density at radius 3 is 2.19 bits per heavy atom. The van der Waals surface area contributed by atoms with E-state index in [0.717, 1.165) is 16.7 Å². The Balaban J connectivity index is 1.74. The summed E-state index contributed by atoms with van der Waals surface area (Å²) < 4.78 is 0. The van der Waals surface area contributed by atoms with Crippen LogP contribution in [0.4, 0.5) is 11.4 Å². The van der Waals surface area contributed by atoms with Crippen LogP contribution in [0.3, 0.4) is 0 Å². The molecule has 0 aliphatic heterocycles. The first kappa shape index (κ1) is 18.1. The number of hydrogen-bond donors (Lipinski definition) is 2. The van der Waals surface area contributed by atoms with Gasteiger partial charge in [0, 0.05) is 16.9 Å². The lowest BCUT2D eigenvalue weighted by Gasteiger charge is -2.11. The molecular formula is C23H20N2O2. The molecule has 27 heavy (non-hydrogen) atoms. The lowest BCUT2D eigenvalue weighted by molar-refractivity contribution is -0.111. The van der Waals surface area contributed by atoms with E-state index in [1.165, 1.54) is 6.08 Å². The van der Waals surface area contributed by atoms with Crippen molar-refractivity contribution in [3.05, 3.63) is 96.6 Å². The summed E-state index contributed by atoms with van der Waals surface area (Å²) in [5, 5.41) is 5.59. The van der Waals surface area contributed by atoms with Crippen molar-refractivity contribution in [1.82, 2.24) is 0 Å². The molecule has 3 rings (SSSR count).